The molecule has 0 unspecified atom stereocenters. The summed E-state index contributed by atoms with van der Waals surface area (Å²) in [6.45, 7) is 6.72. The van der Waals surface area contributed by atoms with Gasteiger partial charge < -0.3 is 9.53 Å². The van der Waals surface area contributed by atoms with Crippen LogP contribution in [0.15, 0.2) is 18.2 Å². The van der Waals surface area contributed by atoms with Gasteiger partial charge in [0.05, 0.1) is 0 Å². The SMILES string of the molecule is CC(=O)CC[C@@]1(C(=O)OC(C)(C)C)Cc2cc(Cl)ccc2C1=O. The first kappa shape index (κ1) is 17.7. The van der Waals surface area contributed by atoms with E-state index in [1.807, 2.05) is 0 Å². The largest absolute Gasteiger partial charge is 0.459 e. The summed E-state index contributed by atoms with van der Waals surface area (Å²) < 4.78 is 5.49. The second-order valence-corrected chi connectivity index (χ2v) is 7.53. The average molecular weight is 337 g/mol. The molecule has 0 bridgehead atoms. The van der Waals surface area contributed by atoms with Crippen molar-refractivity contribution < 1.29 is 19.1 Å². The maximum Gasteiger partial charge on any atom is 0.320 e. The first-order valence-electron chi connectivity index (χ1n) is 7.61. The molecule has 1 aromatic rings. The highest BCUT2D eigenvalue weighted by atomic mass is 35.5. The zero-order valence-electron chi connectivity index (χ0n) is 13.9. The Balaban J connectivity index is 2.42. The molecule has 1 aliphatic carbocycles. The van der Waals surface area contributed by atoms with E-state index >= 15 is 0 Å². The number of carbonyl (C=O) groups is 3. The molecule has 0 fully saturated rings. The minimum absolute atomic E-state index is 0.0604. The minimum Gasteiger partial charge on any atom is -0.459 e. The fraction of sp³-hybridized carbons (Fsp3) is 0.500. The normalized spacial score (nSPS) is 20.3. The molecule has 0 spiro atoms. The lowest BCUT2D eigenvalue weighted by Crippen LogP contribution is -2.42. The molecule has 5 heteroatoms. The Labute approximate surface area is 141 Å². The number of ether oxygens (including phenoxy) is 1. The number of halogens is 1. The zero-order chi connectivity index (χ0) is 17.4. The lowest BCUT2D eigenvalue weighted by Gasteiger charge is -2.29. The van der Waals surface area contributed by atoms with E-state index in [-0.39, 0.29) is 30.8 Å². The lowest BCUT2D eigenvalue weighted by atomic mass is 9.78. The van der Waals surface area contributed by atoms with Gasteiger partial charge in [-0.15, -0.1) is 0 Å². The van der Waals surface area contributed by atoms with Crippen LogP contribution in [0.1, 0.15) is 56.5 Å². The Hall–Kier alpha value is -1.68. The standard InChI is InChI=1S/C18H21ClO4/c1-11(20)7-8-18(16(22)23-17(2,3)4)10-12-9-13(19)5-6-14(12)15(18)21/h5-6,9H,7-8,10H2,1-4H3/t18-/m1/s1. The summed E-state index contributed by atoms with van der Waals surface area (Å²) in [6.07, 6.45) is 0.541. The highest BCUT2D eigenvalue weighted by molar-refractivity contribution is 6.31. The Morgan fingerprint density at radius 3 is 2.52 bits per heavy atom. The van der Waals surface area contributed by atoms with E-state index in [4.69, 9.17) is 16.3 Å². The molecule has 0 heterocycles. The van der Waals surface area contributed by atoms with Crippen LogP contribution in [0, 0.1) is 5.41 Å². The van der Waals surface area contributed by atoms with Crippen LogP contribution >= 0.6 is 11.6 Å². The molecule has 1 aromatic carbocycles. The molecule has 4 nitrogen and oxygen atoms in total. The van der Waals surface area contributed by atoms with Crippen LogP contribution < -0.4 is 0 Å². The van der Waals surface area contributed by atoms with E-state index in [0.717, 1.165) is 5.56 Å². The van der Waals surface area contributed by atoms with E-state index in [1.165, 1.54) is 6.92 Å². The van der Waals surface area contributed by atoms with Gasteiger partial charge in [0.2, 0.25) is 0 Å². The molecule has 0 amide bonds. The van der Waals surface area contributed by atoms with Gasteiger partial charge >= 0.3 is 5.97 Å². The van der Waals surface area contributed by atoms with Crippen molar-refractivity contribution in [2.24, 2.45) is 5.41 Å². The second-order valence-electron chi connectivity index (χ2n) is 7.09. The highest BCUT2D eigenvalue weighted by Gasteiger charge is 2.53. The number of Topliss-reactive ketones (excluding diaryl/α,β-unsaturated/α-hetero) is 2. The minimum atomic E-state index is -1.33. The Morgan fingerprint density at radius 2 is 1.96 bits per heavy atom. The topological polar surface area (TPSA) is 60.4 Å². The molecule has 0 radical (unpaired) electrons. The zero-order valence-corrected chi connectivity index (χ0v) is 14.6. The highest BCUT2D eigenvalue weighted by Crippen LogP contribution is 2.43. The Bertz CT molecular complexity index is 672. The van der Waals surface area contributed by atoms with Crippen molar-refractivity contribution in [3.05, 3.63) is 34.3 Å². The van der Waals surface area contributed by atoms with Crippen molar-refractivity contribution >= 4 is 29.1 Å². The quantitative estimate of drug-likeness (QED) is 0.620. The van der Waals surface area contributed by atoms with E-state index in [2.05, 4.69) is 0 Å². The molecule has 0 saturated carbocycles. The van der Waals surface area contributed by atoms with Gasteiger partial charge in [-0.2, -0.15) is 0 Å². The van der Waals surface area contributed by atoms with E-state index in [9.17, 15) is 14.4 Å². The van der Waals surface area contributed by atoms with Crippen molar-refractivity contribution in [2.75, 3.05) is 0 Å². The average Bonchev–Trinajstić information content (AvgIpc) is 2.68. The Morgan fingerprint density at radius 1 is 1.30 bits per heavy atom. The number of rotatable bonds is 4. The van der Waals surface area contributed by atoms with Gasteiger partial charge in [-0.1, -0.05) is 11.6 Å². The summed E-state index contributed by atoms with van der Waals surface area (Å²) in [6, 6.07) is 4.98. The molecule has 0 N–H and O–H groups in total. The predicted molar refractivity (Wildman–Crippen MR) is 87.7 cm³/mol. The smallest absolute Gasteiger partial charge is 0.320 e. The number of fused-ring (bicyclic) bond motifs is 1. The fourth-order valence-corrected chi connectivity index (χ4v) is 3.02. The second kappa shape index (κ2) is 6.08. The summed E-state index contributed by atoms with van der Waals surface area (Å²) in [5.74, 6) is -0.905. The van der Waals surface area contributed by atoms with Crippen molar-refractivity contribution in [1.82, 2.24) is 0 Å². The first-order valence-corrected chi connectivity index (χ1v) is 7.99. The third kappa shape index (κ3) is 3.63. The summed E-state index contributed by atoms with van der Waals surface area (Å²) >= 11 is 6.00. The number of esters is 1. The Kier molecular flexibility index (Phi) is 4.67. The van der Waals surface area contributed by atoms with Crippen LogP contribution in [0.2, 0.25) is 5.02 Å². The van der Waals surface area contributed by atoms with Crippen LogP contribution in [0.4, 0.5) is 0 Å². The molecule has 0 aromatic heterocycles. The van der Waals surface area contributed by atoms with Gasteiger partial charge in [-0.05, 0) is 64.3 Å². The van der Waals surface area contributed by atoms with Crippen LogP contribution in [-0.2, 0) is 20.7 Å². The van der Waals surface area contributed by atoms with Gasteiger partial charge in [-0.3, -0.25) is 9.59 Å². The predicted octanol–water partition coefficient (Wildman–Crippen LogP) is 3.78. The molecule has 23 heavy (non-hydrogen) atoms. The van der Waals surface area contributed by atoms with Crippen LogP contribution in [0.5, 0.6) is 0 Å². The van der Waals surface area contributed by atoms with Gasteiger partial charge in [0, 0.05) is 17.0 Å². The van der Waals surface area contributed by atoms with Crippen LogP contribution in [0.25, 0.3) is 0 Å². The van der Waals surface area contributed by atoms with E-state index in [1.54, 1.807) is 39.0 Å². The number of carbonyl (C=O) groups excluding carboxylic acids is 3. The molecule has 1 aliphatic rings. The van der Waals surface area contributed by atoms with Crippen molar-refractivity contribution in [1.29, 1.82) is 0 Å². The number of hydrogen-bond acceptors (Lipinski definition) is 4. The maximum atomic E-state index is 12.9. The third-order valence-corrected chi connectivity index (χ3v) is 4.17. The molecule has 2 rings (SSSR count). The van der Waals surface area contributed by atoms with E-state index in [0.29, 0.717) is 10.6 Å². The van der Waals surface area contributed by atoms with Crippen LogP contribution in [-0.4, -0.2) is 23.1 Å². The van der Waals surface area contributed by atoms with Gasteiger partial charge in [0.1, 0.15) is 16.8 Å². The number of hydrogen-bond donors (Lipinski definition) is 0. The summed E-state index contributed by atoms with van der Waals surface area (Å²) in [7, 11) is 0. The number of ketones is 2. The molecular weight excluding hydrogens is 316 g/mol. The van der Waals surface area contributed by atoms with Crippen molar-refractivity contribution in [3.63, 3.8) is 0 Å². The number of benzene rings is 1. The monoisotopic (exact) mass is 336 g/mol. The fourth-order valence-electron chi connectivity index (χ4n) is 2.83. The van der Waals surface area contributed by atoms with Gasteiger partial charge in [0.25, 0.3) is 0 Å². The molecule has 0 saturated heterocycles. The first-order chi connectivity index (χ1) is 10.5. The molecular formula is C18H21ClO4. The summed E-state index contributed by atoms with van der Waals surface area (Å²) in [5, 5.41) is 0.517. The molecule has 124 valence electrons. The van der Waals surface area contributed by atoms with Crippen molar-refractivity contribution in [2.45, 2.75) is 52.6 Å². The molecule has 0 aliphatic heterocycles. The summed E-state index contributed by atoms with van der Waals surface area (Å²) in [4.78, 5) is 37.1. The lowest BCUT2D eigenvalue weighted by molar-refractivity contribution is -0.164. The molecule has 1 atom stereocenters. The van der Waals surface area contributed by atoms with E-state index < -0.39 is 17.0 Å². The summed E-state index contributed by atoms with van der Waals surface area (Å²) in [5.41, 5.74) is -0.806. The maximum absolute atomic E-state index is 12.9. The third-order valence-electron chi connectivity index (χ3n) is 3.93. The van der Waals surface area contributed by atoms with Crippen LogP contribution in [0.3, 0.4) is 0 Å². The van der Waals surface area contributed by atoms with Gasteiger partial charge in [0.15, 0.2) is 5.78 Å². The van der Waals surface area contributed by atoms with Crippen molar-refractivity contribution in [3.8, 4) is 0 Å². The van der Waals surface area contributed by atoms with Gasteiger partial charge in [-0.25, -0.2) is 0 Å².